The third-order valence-corrected chi connectivity index (χ3v) is 3.37. The van der Waals surface area contributed by atoms with Gasteiger partial charge in [0.15, 0.2) is 0 Å². The summed E-state index contributed by atoms with van der Waals surface area (Å²) in [4.78, 5) is 28.7. The van der Waals surface area contributed by atoms with Crippen LogP contribution in [0.5, 0.6) is 0 Å². The Bertz CT molecular complexity index is 471. The summed E-state index contributed by atoms with van der Waals surface area (Å²) in [6.45, 7) is 1.53. The van der Waals surface area contributed by atoms with Crippen LogP contribution in [0.2, 0.25) is 0 Å². The minimum Gasteiger partial charge on any atom is -0.480 e. The van der Waals surface area contributed by atoms with E-state index in [0.717, 1.165) is 17.3 Å². The lowest BCUT2D eigenvalue weighted by molar-refractivity contribution is -0.141. The van der Waals surface area contributed by atoms with Gasteiger partial charge in [-0.1, -0.05) is 0 Å². The predicted octanol–water partition coefficient (Wildman–Crippen LogP) is 1.92. The molecule has 1 aromatic heterocycles. The fourth-order valence-electron chi connectivity index (χ4n) is 1.76. The number of rotatable bonds is 4. The maximum atomic E-state index is 12.3. The van der Waals surface area contributed by atoms with Gasteiger partial charge in [-0.2, -0.15) is 0 Å². The molecule has 0 radical (unpaired) electrons. The molecule has 1 fully saturated rings. The second kappa shape index (κ2) is 5.06. The van der Waals surface area contributed by atoms with Crippen LogP contribution < -0.4 is 0 Å². The number of nitrogens with zero attached hydrogens (tertiary/aromatic N) is 2. The summed E-state index contributed by atoms with van der Waals surface area (Å²) in [6, 6.07) is 2.53. The number of carboxylic acid groups (broad SMARTS) is 1. The Kier molecular flexibility index (Phi) is 3.65. The fourth-order valence-corrected chi connectivity index (χ4v) is 2.00. The van der Waals surface area contributed by atoms with Crippen LogP contribution in [0.15, 0.2) is 22.8 Å². The summed E-state index contributed by atoms with van der Waals surface area (Å²) in [7, 11) is 0. The summed E-state index contributed by atoms with van der Waals surface area (Å²) in [5.41, 5.74) is 0.276. The largest absolute Gasteiger partial charge is 0.480 e. The van der Waals surface area contributed by atoms with Gasteiger partial charge in [-0.3, -0.25) is 4.79 Å². The number of amides is 1. The lowest BCUT2D eigenvalue weighted by atomic mass is 10.2. The molecule has 0 aliphatic heterocycles. The molecule has 0 spiro atoms. The summed E-state index contributed by atoms with van der Waals surface area (Å²) >= 11 is 3.24. The van der Waals surface area contributed by atoms with Gasteiger partial charge in [0, 0.05) is 16.7 Å². The quantitative estimate of drug-likeness (QED) is 0.922. The van der Waals surface area contributed by atoms with Crippen molar-refractivity contribution in [3.8, 4) is 0 Å². The van der Waals surface area contributed by atoms with Crippen molar-refractivity contribution in [3.63, 3.8) is 0 Å². The van der Waals surface area contributed by atoms with Crippen molar-refractivity contribution in [2.75, 3.05) is 0 Å². The normalized spacial score (nSPS) is 16.1. The molecule has 18 heavy (non-hydrogen) atoms. The highest BCUT2D eigenvalue weighted by molar-refractivity contribution is 9.10. The molecule has 6 heteroatoms. The van der Waals surface area contributed by atoms with Gasteiger partial charge < -0.3 is 10.0 Å². The molecule has 0 aromatic carbocycles. The lowest BCUT2D eigenvalue weighted by Crippen LogP contribution is -2.45. The minimum atomic E-state index is -0.993. The first-order chi connectivity index (χ1) is 8.50. The van der Waals surface area contributed by atoms with Gasteiger partial charge in [0.05, 0.1) is 0 Å². The molecule has 96 valence electrons. The minimum absolute atomic E-state index is 0.0362. The van der Waals surface area contributed by atoms with E-state index < -0.39 is 12.0 Å². The van der Waals surface area contributed by atoms with Crippen molar-refractivity contribution in [2.24, 2.45) is 0 Å². The second-order valence-corrected chi connectivity index (χ2v) is 5.24. The topological polar surface area (TPSA) is 70.5 Å². The number of halogens is 1. The van der Waals surface area contributed by atoms with Crippen LogP contribution >= 0.6 is 15.9 Å². The molecular formula is C12H13BrN2O3. The number of pyridine rings is 1. The van der Waals surface area contributed by atoms with Gasteiger partial charge in [0.2, 0.25) is 0 Å². The summed E-state index contributed by atoms with van der Waals surface area (Å²) in [5, 5.41) is 9.05. The lowest BCUT2D eigenvalue weighted by Gasteiger charge is -2.26. The molecule has 1 amide bonds. The van der Waals surface area contributed by atoms with E-state index in [9.17, 15) is 9.59 Å². The highest BCUT2D eigenvalue weighted by Gasteiger charge is 2.39. The van der Waals surface area contributed by atoms with Crippen LogP contribution in [0.1, 0.15) is 30.3 Å². The molecule has 5 nitrogen and oxygen atoms in total. The number of carbonyl (C=O) groups excluding carboxylic acids is 1. The Morgan fingerprint density at radius 2 is 2.17 bits per heavy atom. The highest BCUT2D eigenvalue weighted by Crippen LogP contribution is 2.30. The van der Waals surface area contributed by atoms with E-state index in [-0.39, 0.29) is 17.6 Å². The van der Waals surface area contributed by atoms with Gasteiger partial charge in [-0.25, -0.2) is 9.78 Å². The number of carbonyl (C=O) groups is 2. The monoisotopic (exact) mass is 312 g/mol. The number of aromatic nitrogens is 1. The molecule has 1 heterocycles. The molecule has 1 unspecified atom stereocenters. The second-order valence-electron chi connectivity index (χ2n) is 4.32. The summed E-state index contributed by atoms with van der Waals surface area (Å²) in [5.74, 6) is -1.31. The van der Waals surface area contributed by atoms with E-state index in [1.54, 1.807) is 12.1 Å². The zero-order chi connectivity index (χ0) is 13.3. The molecule has 1 saturated carbocycles. The first kappa shape index (κ1) is 13.0. The van der Waals surface area contributed by atoms with E-state index >= 15 is 0 Å². The number of carboxylic acids is 1. The smallest absolute Gasteiger partial charge is 0.326 e. The van der Waals surface area contributed by atoms with E-state index in [2.05, 4.69) is 20.9 Å². The van der Waals surface area contributed by atoms with Crippen molar-refractivity contribution in [3.05, 3.63) is 28.5 Å². The average Bonchev–Trinajstić information content (AvgIpc) is 3.14. The predicted molar refractivity (Wildman–Crippen MR) is 68.2 cm³/mol. The van der Waals surface area contributed by atoms with Crippen LogP contribution in [-0.4, -0.2) is 39.0 Å². The SMILES string of the molecule is CC(C(=O)O)N(C(=O)c1ccc(Br)cn1)C1CC1. The number of hydrogen-bond acceptors (Lipinski definition) is 3. The Morgan fingerprint density at radius 1 is 1.50 bits per heavy atom. The molecule has 1 aromatic rings. The maximum Gasteiger partial charge on any atom is 0.326 e. The average molecular weight is 313 g/mol. The molecule has 2 rings (SSSR count). The standard InChI is InChI=1S/C12H13BrN2O3/c1-7(12(17)18)15(9-3-4-9)11(16)10-5-2-8(13)6-14-10/h2,5-7,9H,3-4H2,1H3,(H,17,18). The Morgan fingerprint density at radius 3 is 2.61 bits per heavy atom. The zero-order valence-electron chi connectivity index (χ0n) is 9.84. The van der Waals surface area contributed by atoms with Gasteiger partial charge in [-0.15, -0.1) is 0 Å². The highest BCUT2D eigenvalue weighted by atomic mass is 79.9. The van der Waals surface area contributed by atoms with Crippen LogP contribution in [0.25, 0.3) is 0 Å². The van der Waals surface area contributed by atoms with Gasteiger partial charge in [-0.05, 0) is 47.8 Å². The Hall–Kier alpha value is -1.43. The Labute approximate surface area is 113 Å². The maximum absolute atomic E-state index is 12.3. The zero-order valence-corrected chi connectivity index (χ0v) is 11.4. The molecule has 1 N–H and O–H groups in total. The van der Waals surface area contributed by atoms with E-state index in [4.69, 9.17) is 5.11 Å². The van der Waals surface area contributed by atoms with Crippen molar-refractivity contribution in [2.45, 2.75) is 31.8 Å². The fraction of sp³-hybridized carbons (Fsp3) is 0.417. The Balaban J connectivity index is 2.23. The van der Waals surface area contributed by atoms with Gasteiger partial charge >= 0.3 is 5.97 Å². The van der Waals surface area contributed by atoms with E-state index in [1.807, 2.05) is 0 Å². The van der Waals surface area contributed by atoms with Gasteiger partial charge in [0.25, 0.3) is 5.91 Å². The third kappa shape index (κ3) is 2.69. The van der Waals surface area contributed by atoms with Crippen LogP contribution in [0.4, 0.5) is 0 Å². The molecule has 1 atom stereocenters. The molecule has 1 aliphatic carbocycles. The summed E-state index contributed by atoms with van der Waals surface area (Å²) < 4.78 is 0.781. The molecule has 0 bridgehead atoms. The number of aliphatic carboxylic acids is 1. The van der Waals surface area contributed by atoms with Crippen molar-refractivity contribution < 1.29 is 14.7 Å². The van der Waals surface area contributed by atoms with Crippen LogP contribution in [-0.2, 0) is 4.79 Å². The van der Waals surface area contributed by atoms with Crippen molar-refractivity contribution in [1.29, 1.82) is 0 Å². The summed E-state index contributed by atoms with van der Waals surface area (Å²) in [6.07, 6.45) is 3.25. The molecule has 0 saturated heterocycles. The van der Waals surface area contributed by atoms with E-state index in [1.165, 1.54) is 18.0 Å². The number of hydrogen-bond donors (Lipinski definition) is 1. The molecule has 1 aliphatic rings. The first-order valence-corrected chi connectivity index (χ1v) is 6.47. The van der Waals surface area contributed by atoms with Crippen LogP contribution in [0.3, 0.4) is 0 Å². The first-order valence-electron chi connectivity index (χ1n) is 5.67. The van der Waals surface area contributed by atoms with Crippen LogP contribution in [0, 0.1) is 0 Å². The van der Waals surface area contributed by atoms with Gasteiger partial charge in [0.1, 0.15) is 11.7 Å². The van der Waals surface area contributed by atoms with Crippen molar-refractivity contribution in [1.82, 2.24) is 9.88 Å². The van der Waals surface area contributed by atoms with Crippen molar-refractivity contribution >= 4 is 27.8 Å². The van der Waals surface area contributed by atoms with E-state index in [0.29, 0.717) is 0 Å². The molecular weight excluding hydrogens is 300 g/mol. The third-order valence-electron chi connectivity index (χ3n) is 2.90.